The van der Waals surface area contributed by atoms with E-state index in [0.717, 1.165) is 43.1 Å². The van der Waals surface area contributed by atoms with Crippen LogP contribution in [0.2, 0.25) is 0 Å². The topological polar surface area (TPSA) is 119 Å². The maximum atomic E-state index is 12.5. The summed E-state index contributed by atoms with van der Waals surface area (Å²) in [6.45, 7) is 6.47. The van der Waals surface area contributed by atoms with Crippen LogP contribution in [0.5, 0.6) is 0 Å². The van der Waals surface area contributed by atoms with E-state index >= 15 is 0 Å². The molecule has 0 aromatic carbocycles. The summed E-state index contributed by atoms with van der Waals surface area (Å²) in [6, 6.07) is 0.0222. The molecule has 174 valence electrons. The van der Waals surface area contributed by atoms with Crippen molar-refractivity contribution < 1.29 is 24.9 Å². The second-order valence-electron chi connectivity index (χ2n) is 9.43. The summed E-state index contributed by atoms with van der Waals surface area (Å²) in [5, 5.41) is 38.1. The predicted octanol–water partition coefficient (Wildman–Crippen LogP) is 1.10. The highest BCUT2D eigenvalue weighted by Crippen LogP contribution is 2.58. The number of Topliss-reactive ketones (excluding diaryl/α,β-unsaturated/α-hetero) is 1. The molecule has 2 heterocycles. The van der Waals surface area contributed by atoms with Gasteiger partial charge in [0.15, 0.2) is 0 Å². The monoisotopic (exact) mass is 470 g/mol. The number of aliphatic carboxylic acids is 1. The molecule has 9 atom stereocenters. The van der Waals surface area contributed by atoms with E-state index in [0.29, 0.717) is 5.25 Å². The third kappa shape index (κ3) is 4.59. The average Bonchev–Trinajstić information content (AvgIpc) is 3.43. The van der Waals surface area contributed by atoms with Crippen LogP contribution in [-0.2, 0) is 9.59 Å². The van der Waals surface area contributed by atoms with Gasteiger partial charge in [0.1, 0.15) is 5.78 Å². The molecule has 2 aliphatic carbocycles. The summed E-state index contributed by atoms with van der Waals surface area (Å²) in [6.07, 6.45) is 1.58. The number of hydrogen-bond acceptors (Lipinski definition) is 8. The number of thioether (sulfide) groups is 2. The molecule has 0 spiro atoms. The molecule has 5 N–H and O–H groups in total. The van der Waals surface area contributed by atoms with Crippen molar-refractivity contribution in [2.75, 3.05) is 25.4 Å². The lowest BCUT2D eigenvalue weighted by atomic mass is 9.59. The van der Waals surface area contributed by atoms with Gasteiger partial charge in [-0.05, 0) is 55.2 Å². The number of rotatable bonds is 9. The Morgan fingerprint density at radius 3 is 2.68 bits per heavy atom. The van der Waals surface area contributed by atoms with Crippen LogP contribution >= 0.6 is 23.5 Å². The second-order valence-corrected chi connectivity index (χ2v) is 12.2. The van der Waals surface area contributed by atoms with Crippen molar-refractivity contribution in [1.29, 1.82) is 0 Å². The smallest absolute Gasteiger partial charge is 0.333 e. The van der Waals surface area contributed by atoms with E-state index in [-0.39, 0.29) is 34.5 Å². The quantitative estimate of drug-likeness (QED) is 0.337. The molecule has 2 saturated heterocycles. The summed E-state index contributed by atoms with van der Waals surface area (Å²) in [5.41, 5.74) is 0.245. The molecular formula is C22H34N2O5S2. The van der Waals surface area contributed by atoms with Crippen LogP contribution in [0.1, 0.15) is 33.1 Å². The number of carboxylic acid groups (broad SMARTS) is 1. The molecule has 9 heteroatoms. The molecule has 0 aromatic heterocycles. The molecule has 31 heavy (non-hydrogen) atoms. The Morgan fingerprint density at radius 1 is 1.26 bits per heavy atom. The van der Waals surface area contributed by atoms with Crippen LogP contribution in [-0.4, -0.2) is 81.2 Å². The Kier molecular flexibility index (Phi) is 7.40. The van der Waals surface area contributed by atoms with Crippen LogP contribution in [0.4, 0.5) is 0 Å². The van der Waals surface area contributed by atoms with Gasteiger partial charge in [-0.3, -0.25) is 4.79 Å². The molecule has 0 bridgehead atoms. The Balaban J connectivity index is 1.33. The van der Waals surface area contributed by atoms with Crippen molar-refractivity contribution in [2.24, 2.45) is 23.7 Å². The number of aliphatic hydroxyl groups excluding tert-OH is 2. The van der Waals surface area contributed by atoms with E-state index in [1.165, 1.54) is 6.42 Å². The lowest BCUT2D eigenvalue weighted by Crippen LogP contribution is -2.53. The second kappa shape index (κ2) is 9.73. The third-order valence-electron chi connectivity index (χ3n) is 7.42. The number of fused-ring (bicyclic) bond motifs is 1. The van der Waals surface area contributed by atoms with Gasteiger partial charge in [0.2, 0.25) is 0 Å². The van der Waals surface area contributed by atoms with Crippen molar-refractivity contribution in [3.8, 4) is 0 Å². The summed E-state index contributed by atoms with van der Waals surface area (Å²) in [7, 11) is 0. The summed E-state index contributed by atoms with van der Waals surface area (Å²) < 4.78 is 0. The zero-order valence-corrected chi connectivity index (χ0v) is 19.8. The van der Waals surface area contributed by atoms with Gasteiger partial charge >= 0.3 is 5.97 Å². The fourth-order valence-corrected chi connectivity index (χ4v) is 8.56. The first-order valence-electron chi connectivity index (χ1n) is 11.4. The standard InChI is InChI=1S/C22H34N2O5S2/c1-10-16-17(11(2)25)20(27)18(16)19(22(28)29)21(10)31-13-7-14(24-9-13)15(26)4-6-30-12-3-5-23-8-12/h10-18,23-26H,3-9H2,1-2H3,(H,28,29)/t10-,11+,12?,13?,14?,15?,16-,17-,18?/m1/s1. The van der Waals surface area contributed by atoms with Crippen LogP contribution in [0.15, 0.2) is 10.5 Å². The first-order chi connectivity index (χ1) is 14.8. The van der Waals surface area contributed by atoms with Crippen molar-refractivity contribution in [3.05, 3.63) is 10.5 Å². The van der Waals surface area contributed by atoms with Gasteiger partial charge in [-0.2, -0.15) is 11.8 Å². The number of aliphatic hydroxyl groups is 2. The van der Waals surface area contributed by atoms with E-state index in [9.17, 15) is 24.9 Å². The minimum absolute atomic E-state index is 0.0222. The van der Waals surface area contributed by atoms with Crippen molar-refractivity contribution >= 4 is 35.3 Å². The van der Waals surface area contributed by atoms with E-state index in [4.69, 9.17) is 0 Å². The van der Waals surface area contributed by atoms with E-state index in [2.05, 4.69) is 10.6 Å². The first-order valence-corrected chi connectivity index (χ1v) is 13.3. The normalized spacial score (nSPS) is 39.5. The molecule has 4 rings (SSSR count). The molecule has 7 nitrogen and oxygen atoms in total. The largest absolute Gasteiger partial charge is 0.478 e. The molecule has 3 fully saturated rings. The molecule has 0 radical (unpaired) electrons. The van der Waals surface area contributed by atoms with Gasteiger partial charge in [-0.1, -0.05) is 6.92 Å². The lowest BCUT2D eigenvalue weighted by Gasteiger charge is -2.43. The van der Waals surface area contributed by atoms with Gasteiger partial charge in [-0.25, -0.2) is 4.79 Å². The van der Waals surface area contributed by atoms with Gasteiger partial charge in [0.25, 0.3) is 0 Å². The summed E-state index contributed by atoms with van der Waals surface area (Å²) in [5.74, 6) is -1.39. The Bertz CT molecular complexity index is 739. The minimum Gasteiger partial charge on any atom is -0.478 e. The number of carbonyl (C=O) groups is 2. The highest BCUT2D eigenvalue weighted by Gasteiger charge is 2.61. The number of ketones is 1. The maximum Gasteiger partial charge on any atom is 0.333 e. The Labute approximate surface area is 192 Å². The van der Waals surface area contributed by atoms with Gasteiger partial charge in [0, 0.05) is 35.5 Å². The zero-order chi connectivity index (χ0) is 22.3. The first kappa shape index (κ1) is 23.6. The molecule has 4 aliphatic rings. The Hall–Kier alpha value is -0.580. The van der Waals surface area contributed by atoms with Gasteiger partial charge in [-0.15, -0.1) is 11.8 Å². The predicted molar refractivity (Wildman–Crippen MR) is 123 cm³/mol. The van der Waals surface area contributed by atoms with Gasteiger partial charge < -0.3 is 26.0 Å². The van der Waals surface area contributed by atoms with Crippen LogP contribution in [0, 0.1) is 23.7 Å². The number of carbonyl (C=O) groups excluding carboxylic acids is 1. The van der Waals surface area contributed by atoms with Crippen LogP contribution in [0.25, 0.3) is 0 Å². The van der Waals surface area contributed by atoms with Crippen molar-refractivity contribution in [2.45, 2.75) is 61.9 Å². The summed E-state index contributed by atoms with van der Waals surface area (Å²) in [4.78, 5) is 25.3. The summed E-state index contributed by atoms with van der Waals surface area (Å²) >= 11 is 3.50. The highest BCUT2D eigenvalue weighted by molar-refractivity contribution is 8.03. The van der Waals surface area contributed by atoms with Crippen LogP contribution in [0.3, 0.4) is 0 Å². The molecule has 1 saturated carbocycles. The molecule has 2 aliphatic heterocycles. The molecule has 0 amide bonds. The number of allylic oxidation sites excluding steroid dienone is 1. The van der Waals surface area contributed by atoms with Gasteiger partial charge in [0.05, 0.1) is 23.7 Å². The highest BCUT2D eigenvalue weighted by atomic mass is 32.2. The number of nitrogens with one attached hydrogen (secondary N) is 2. The molecule has 5 unspecified atom stereocenters. The minimum atomic E-state index is -1.01. The van der Waals surface area contributed by atoms with E-state index < -0.39 is 30.0 Å². The zero-order valence-electron chi connectivity index (χ0n) is 18.1. The van der Waals surface area contributed by atoms with Crippen LogP contribution < -0.4 is 10.6 Å². The molecular weight excluding hydrogens is 436 g/mol. The van der Waals surface area contributed by atoms with E-state index in [1.807, 2.05) is 18.7 Å². The average molecular weight is 471 g/mol. The number of hydrogen-bond donors (Lipinski definition) is 5. The Morgan fingerprint density at radius 2 is 2.03 bits per heavy atom. The third-order valence-corrected chi connectivity index (χ3v) is 10.3. The van der Waals surface area contributed by atoms with Crippen molar-refractivity contribution in [1.82, 2.24) is 10.6 Å². The fraction of sp³-hybridized carbons (Fsp3) is 0.818. The SMILES string of the molecule is C[C@H](O)[C@H]1C(=O)C2C(C(=O)O)=C(SC3CNC(C(O)CCSC4CCNC4)C3)[C@H](C)[C@@H]21. The lowest BCUT2D eigenvalue weighted by molar-refractivity contribution is -0.151. The van der Waals surface area contributed by atoms with E-state index in [1.54, 1.807) is 18.7 Å². The fourth-order valence-electron chi connectivity index (χ4n) is 5.77. The molecule has 0 aromatic rings. The van der Waals surface area contributed by atoms with Crippen molar-refractivity contribution in [3.63, 3.8) is 0 Å². The maximum absolute atomic E-state index is 12.5. The number of carboxylic acids is 1.